The van der Waals surface area contributed by atoms with E-state index in [0.29, 0.717) is 17.0 Å². The van der Waals surface area contributed by atoms with Crippen molar-refractivity contribution in [2.24, 2.45) is 0 Å². The van der Waals surface area contributed by atoms with Crippen LogP contribution in [0.2, 0.25) is 0 Å². The van der Waals surface area contributed by atoms with Crippen molar-refractivity contribution < 1.29 is 9.18 Å². The largest absolute Gasteiger partial charge is 0.345 e. The van der Waals surface area contributed by atoms with Gasteiger partial charge in [-0.1, -0.05) is 26.0 Å². The molecule has 1 aromatic heterocycles. The number of H-pyrrole nitrogens is 1. The Bertz CT molecular complexity index is 621. The second-order valence-corrected chi connectivity index (χ2v) is 4.97. The van der Waals surface area contributed by atoms with Crippen molar-refractivity contribution in [2.45, 2.75) is 33.2 Å². The molecule has 2 aromatic rings. The van der Waals surface area contributed by atoms with Crippen molar-refractivity contribution in [3.05, 3.63) is 46.8 Å². The van der Waals surface area contributed by atoms with E-state index in [1.807, 2.05) is 13.8 Å². The molecule has 6 heteroatoms. The van der Waals surface area contributed by atoms with Crippen LogP contribution < -0.4 is 5.32 Å². The van der Waals surface area contributed by atoms with E-state index < -0.39 is 0 Å². The van der Waals surface area contributed by atoms with Crippen molar-refractivity contribution in [3.63, 3.8) is 0 Å². The molecule has 0 aliphatic carbocycles. The lowest BCUT2D eigenvalue weighted by Gasteiger charge is -2.04. The maximum Gasteiger partial charge on any atom is 0.291 e. The van der Waals surface area contributed by atoms with Crippen LogP contribution in [0.3, 0.4) is 0 Å². The summed E-state index contributed by atoms with van der Waals surface area (Å²) in [7, 11) is 0. The van der Waals surface area contributed by atoms with Crippen LogP contribution in [0.5, 0.6) is 0 Å². The molecule has 0 radical (unpaired) electrons. The van der Waals surface area contributed by atoms with Gasteiger partial charge in [-0.05, 0) is 24.1 Å². The quantitative estimate of drug-likeness (QED) is 0.900. The third kappa shape index (κ3) is 3.20. The summed E-state index contributed by atoms with van der Waals surface area (Å²) < 4.78 is 13.4. The highest BCUT2D eigenvalue weighted by Gasteiger charge is 2.13. The zero-order chi connectivity index (χ0) is 14.7. The van der Waals surface area contributed by atoms with E-state index in [4.69, 9.17) is 0 Å². The molecule has 2 N–H and O–H groups in total. The van der Waals surface area contributed by atoms with Gasteiger partial charge in [-0.3, -0.25) is 9.89 Å². The molecule has 5 nitrogen and oxygen atoms in total. The average Bonchev–Trinajstić information content (AvgIpc) is 2.89. The van der Waals surface area contributed by atoms with Gasteiger partial charge in [-0.2, -0.15) is 0 Å². The van der Waals surface area contributed by atoms with Gasteiger partial charge in [-0.25, -0.2) is 9.37 Å². The number of benzene rings is 1. The molecular formula is C14H17FN4O. The molecule has 0 aliphatic heterocycles. The molecule has 1 amide bonds. The number of carbonyl (C=O) groups is 1. The lowest BCUT2D eigenvalue weighted by atomic mass is 10.1. The van der Waals surface area contributed by atoms with Gasteiger partial charge >= 0.3 is 0 Å². The van der Waals surface area contributed by atoms with Crippen molar-refractivity contribution in [1.29, 1.82) is 0 Å². The van der Waals surface area contributed by atoms with E-state index >= 15 is 0 Å². The van der Waals surface area contributed by atoms with Crippen molar-refractivity contribution in [2.75, 3.05) is 0 Å². The minimum absolute atomic E-state index is 0.0984. The van der Waals surface area contributed by atoms with Gasteiger partial charge in [0.15, 0.2) is 0 Å². The Morgan fingerprint density at radius 3 is 2.80 bits per heavy atom. The zero-order valence-corrected chi connectivity index (χ0v) is 11.7. The zero-order valence-electron chi connectivity index (χ0n) is 11.7. The Morgan fingerprint density at radius 1 is 1.45 bits per heavy atom. The molecule has 0 fully saturated rings. The van der Waals surface area contributed by atoms with Gasteiger partial charge < -0.3 is 5.32 Å². The lowest BCUT2D eigenvalue weighted by molar-refractivity contribution is 0.0941. The normalized spacial score (nSPS) is 10.8. The number of amides is 1. The first-order valence-electron chi connectivity index (χ1n) is 6.43. The van der Waals surface area contributed by atoms with Crippen molar-refractivity contribution in [1.82, 2.24) is 20.5 Å². The molecule has 0 saturated heterocycles. The Hall–Kier alpha value is -2.24. The number of aryl methyl sites for hydroxylation is 1. The summed E-state index contributed by atoms with van der Waals surface area (Å²) in [5, 5.41) is 9.24. The molecular weight excluding hydrogens is 259 g/mol. The first-order chi connectivity index (χ1) is 9.47. The number of nitrogens with zero attached hydrogens (tertiary/aromatic N) is 2. The number of hydrogen-bond acceptors (Lipinski definition) is 3. The average molecular weight is 276 g/mol. The maximum absolute atomic E-state index is 13.4. The number of aromatic amines is 1. The first kappa shape index (κ1) is 14.2. The molecule has 0 bridgehead atoms. The fraction of sp³-hybridized carbons (Fsp3) is 0.357. The van der Waals surface area contributed by atoms with Crippen LogP contribution in [0.4, 0.5) is 4.39 Å². The Morgan fingerprint density at radius 2 is 2.20 bits per heavy atom. The number of hydrogen-bond donors (Lipinski definition) is 2. The fourth-order valence-electron chi connectivity index (χ4n) is 1.64. The summed E-state index contributed by atoms with van der Waals surface area (Å²) in [5.41, 5.74) is 1.27. The number of aromatic nitrogens is 3. The van der Waals surface area contributed by atoms with Gasteiger partial charge in [0, 0.05) is 12.5 Å². The second kappa shape index (κ2) is 5.81. The molecule has 20 heavy (non-hydrogen) atoms. The number of rotatable bonds is 4. The molecule has 0 saturated carbocycles. The Balaban J connectivity index is 1.99. The molecule has 2 rings (SSSR count). The van der Waals surface area contributed by atoms with Gasteiger partial charge in [0.2, 0.25) is 5.82 Å². The Labute approximate surface area is 116 Å². The second-order valence-electron chi connectivity index (χ2n) is 4.97. The minimum atomic E-state index is -0.380. The van der Waals surface area contributed by atoms with E-state index in [-0.39, 0.29) is 30.0 Å². The van der Waals surface area contributed by atoms with Crippen LogP contribution in [-0.4, -0.2) is 21.1 Å². The predicted molar refractivity (Wildman–Crippen MR) is 72.8 cm³/mol. The summed E-state index contributed by atoms with van der Waals surface area (Å²) in [6.07, 6.45) is 0. The standard InChI is InChI=1S/C14H17FN4O/c1-8(2)12-17-13(19-18-12)14(20)16-7-10-5-4-9(3)11(15)6-10/h4-6,8H,7H2,1-3H3,(H,16,20)(H,17,18,19). The van der Waals surface area contributed by atoms with Crippen LogP contribution in [0.1, 0.15) is 47.3 Å². The molecule has 0 atom stereocenters. The summed E-state index contributed by atoms with van der Waals surface area (Å²) in [5.74, 6) is 0.277. The summed E-state index contributed by atoms with van der Waals surface area (Å²) in [6.45, 7) is 5.84. The Kier molecular flexibility index (Phi) is 4.12. The van der Waals surface area contributed by atoms with Crippen molar-refractivity contribution in [3.8, 4) is 0 Å². The van der Waals surface area contributed by atoms with E-state index in [2.05, 4.69) is 20.5 Å². The van der Waals surface area contributed by atoms with E-state index in [1.165, 1.54) is 6.07 Å². The van der Waals surface area contributed by atoms with Crippen LogP contribution in [0.15, 0.2) is 18.2 Å². The topological polar surface area (TPSA) is 70.7 Å². The monoisotopic (exact) mass is 276 g/mol. The molecule has 1 heterocycles. The SMILES string of the molecule is Cc1ccc(CNC(=O)c2n[nH]c(C(C)C)n2)cc1F. The lowest BCUT2D eigenvalue weighted by Crippen LogP contribution is -2.24. The minimum Gasteiger partial charge on any atom is -0.345 e. The van der Waals surface area contributed by atoms with Crippen LogP contribution in [-0.2, 0) is 6.54 Å². The van der Waals surface area contributed by atoms with Crippen LogP contribution in [0.25, 0.3) is 0 Å². The predicted octanol–water partition coefficient (Wildman–Crippen LogP) is 2.31. The van der Waals surface area contributed by atoms with Crippen LogP contribution >= 0.6 is 0 Å². The summed E-state index contributed by atoms with van der Waals surface area (Å²) in [6, 6.07) is 4.86. The molecule has 106 valence electrons. The van der Waals surface area contributed by atoms with Gasteiger partial charge in [0.05, 0.1) is 0 Å². The first-order valence-corrected chi connectivity index (χ1v) is 6.43. The van der Waals surface area contributed by atoms with E-state index in [0.717, 1.165) is 0 Å². The van der Waals surface area contributed by atoms with Crippen LogP contribution in [0, 0.1) is 12.7 Å². The maximum atomic E-state index is 13.4. The smallest absolute Gasteiger partial charge is 0.291 e. The fourth-order valence-corrected chi connectivity index (χ4v) is 1.64. The number of nitrogens with one attached hydrogen (secondary N) is 2. The highest BCUT2D eigenvalue weighted by atomic mass is 19.1. The van der Waals surface area contributed by atoms with Crippen molar-refractivity contribution >= 4 is 5.91 Å². The van der Waals surface area contributed by atoms with E-state index in [1.54, 1.807) is 19.1 Å². The third-order valence-corrected chi connectivity index (χ3v) is 2.94. The number of halogens is 1. The van der Waals surface area contributed by atoms with Gasteiger partial charge in [0.1, 0.15) is 11.6 Å². The molecule has 0 unspecified atom stereocenters. The van der Waals surface area contributed by atoms with Gasteiger partial charge in [-0.15, -0.1) is 5.10 Å². The summed E-state index contributed by atoms with van der Waals surface area (Å²) in [4.78, 5) is 16.0. The molecule has 0 spiro atoms. The van der Waals surface area contributed by atoms with E-state index in [9.17, 15) is 9.18 Å². The highest BCUT2D eigenvalue weighted by molar-refractivity contribution is 5.90. The highest BCUT2D eigenvalue weighted by Crippen LogP contribution is 2.10. The summed E-state index contributed by atoms with van der Waals surface area (Å²) >= 11 is 0. The van der Waals surface area contributed by atoms with Gasteiger partial charge in [0.25, 0.3) is 5.91 Å². The molecule has 1 aromatic carbocycles. The number of carbonyl (C=O) groups excluding carboxylic acids is 1. The molecule has 0 aliphatic rings. The third-order valence-electron chi connectivity index (χ3n) is 2.94.